The maximum Gasteiger partial charge on any atom is 0.268 e. The average Bonchev–Trinajstić information content (AvgIpc) is 3.15. The van der Waals surface area contributed by atoms with Crippen molar-refractivity contribution < 1.29 is 18.0 Å². The van der Waals surface area contributed by atoms with Crippen molar-refractivity contribution >= 4 is 32.5 Å². The SMILES string of the molecule is CCC(=O)c1c(C(=O)c2ccccc2)n(S(=O)(=O)c2ccccc2)c2ccccc12. The number of rotatable bonds is 6. The summed E-state index contributed by atoms with van der Waals surface area (Å²) in [5.74, 6) is -0.796. The van der Waals surface area contributed by atoms with Gasteiger partial charge in [-0.05, 0) is 18.2 Å². The number of hydrogen-bond acceptors (Lipinski definition) is 4. The molecule has 5 nitrogen and oxygen atoms in total. The minimum Gasteiger partial charge on any atom is -0.294 e. The lowest BCUT2D eigenvalue weighted by atomic mass is 9.99. The van der Waals surface area contributed by atoms with Crippen LogP contribution in [0, 0.1) is 0 Å². The molecule has 150 valence electrons. The van der Waals surface area contributed by atoms with Crippen LogP contribution in [0.1, 0.15) is 39.8 Å². The van der Waals surface area contributed by atoms with Gasteiger partial charge in [-0.15, -0.1) is 0 Å². The molecular weight excluding hydrogens is 398 g/mol. The Hall–Kier alpha value is -3.51. The van der Waals surface area contributed by atoms with Gasteiger partial charge in [-0.3, -0.25) is 9.59 Å². The Bertz CT molecular complexity index is 1350. The maximum atomic E-state index is 13.6. The van der Waals surface area contributed by atoms with Gasteiger partial charge in [-0.2, -0.15) is 0 Å². The third-order valence-corrected chi connectivity index (χ3v) is 6.69. The summed E-state index contributed by atoms with van der Waals surface area (Å²) in [7, 11) is -4.13. The number of carbonyl (C=O) groups excluding carboxylic acids is 2. The largest absolute Gasteiger partial charge is 0.294 e. The molecule has 0 amide bonds. The van der Waals surface area contributed by atoms with Crippen LogP contribution in [0.3, 0.4) is 0 Å². The Morgan fingerprint density at radius 1 is 0.800 bits per heavy atom. The first-order chi connectivity index (χ1) is 14.5. The third kappa shape index (κ3) is 3.15. The highest BCUT2D eigenvalue weighted by molar-refractivity contribution is 7.90. The summed E-state index contributed by atoms with van der Waals surface area (Å²) in [5, 5.41) is 0.447. The van der Waals surface area contributed by atoms with E-state index >= 15 is 0 Å². The number of carbonyl (C=O) groups is 2. The fourth-order valence-corrected chi connectivity index (χ4v) is 5.09. The monoisotopic (exact) mass is 417 g/mol. The van der Waals surface area contributed by atoms with Gasteiger partial charge in [0, 0.05) is 17.4 Å². The van der Waals surface area contributed by atoms with E-state index in [4.69, 9.17) is 0 Å². The molecule has 0 aliphatic rings. The van der Waals surface area contributed by atoms with E-state index in [0.29, 0.717) is 16.5 Å². The van der Waals surface area contributed by atoms with Gasteiger partial charge in [0.2, 0.25) is 5.78 Å². The molecule has 0 fully saturated rings. The smallest absolute Gasteiger partial charge is 0.268 e. The van der Waals surface area contributed by atoms with Crippen LogP contribution in [0.25, 0.3) is 10.9 Å². The summed E-state index contributed by atoms with van der Waals surface area (Å²) in [6, 6.07) is 23.0. The van der Waals surface area contributed by atoms with Gasteiger partial charge < -0.3 is 0 Å². The molecule has 0 saturated carbocycles. The zero-order chi connectivity index (χ0) is 21.3. The summed E-state index contributed by atoms with van der Waals surface area (Å²) < 4.78 is 28.3. The zero-order valence-corrected chi connectivity index (χ0v) is 17.1. The normalized spacial score (nSPS) is 11.5. The number of hydrogen-bond donors (Lipinski definition) is 0. The lowest BCUT2D eigenvalue weighted by molar-refractivity contribution is 0.0971. The van der Waals surface area contributed by atoms with E-state index in [-0.39, 0.29) is 28.4 Å². The van der Waals surface area contributed by atoms with Crippen LogP contribution in [-0.2, 0) is 10.0 Å². The molecule has 30 heavy (non-hydrogen) atoms. The average molecular weight is 417 g/mol. The van der Waals surface area contributed by atoms with Crippen molar-refractivity contribution in [2.45, 2.75) is 18.2 Å². The Kier molecular flexibility index (Phi) is 5.10. The lowest BCUT2D eigenvalue weighted by Gasteiger charge is -2.12. The van der Waals surface area contributed by atoms with Crippen LogP contribution in [-0.4, -0.2) is 24.0 Å². The first kappa shape index (κ1) is 19.8. The number of nitrogens with zero attached hydrogens (tertiary/aromatic N) is 1. The van der Waals surface area contributed by atoms with Crippen LogP contribution in [0.5, 0.6) is 0 Å². The highest BCUT2D eigenvalue weighted by Crippen LogP contribution is 2.32. The molecule has 0 aliphatic carbocycles. The van der Waals surface area contributed by atoms with Gasteiger partial charge in [0.1, 0.15) is 5.69 Å². The summed E-state index contributed by atoms with van der Waals surface area (Å²) in [5.41, 5.74) is 0.631. The number of ketones is 2. The highest BCUT2D eigenvalue weighted by atomic mass is 32.2. The summed E-state index contributed by atoms with van der Waals surface area (Å²) in [6.07, 6.45) is 0.147. The number of Topliss-reactive ketones (excluding diaryl/α,β-unsaturated/α-hetero) is 1. The molecule has 1 heterocycles. The number of aromatic nitrogens is 1. The first-order valence-electron chi connectivity index (χ1n) is 9.53. The van der Waals surface area contributed by atoms with Gasteiger partial charge in [0.25, 0.3) is 10.0 Å². The van der Waals surface area contributed by atoms with E-state index in [9.17, 15) is 18.0 Å². The highest BCUT2D eigenvalue weighted by Gasteiger charge is 2.32. The molecule has 0 radical (unpaired) electrons. The predicted octanol–water partition coefficient (Wildman–Crippen LogP) is 4.70. The van der Waals surface area contributed by atoms with Crippen LogP contribution >= 0.6 is 0 Å². The van der Waals surface area contributed by atoms with E-state index in [2.05, 4.69) is 0 Å². The Balaban J connectivity index is 2.15. The van der Waals surface area contributed by atoms with Crippen molar-refractivity contribution in [3.63, 3.8) is 0 Å². The molecule has 4 rings (SSSR count). The fourth-order valence-electron chi connectivity index (χ4n) is 3.55. The lowest BCUT2D eigenvalue weighted by Crippen LogP contribution is -2.21. The van der Waals surface area contributed by atoms with Crippen LogP contribution < -0.4 is 0 Å². The van der Waals surface area contributed by atoms with Gasteiger partial charge >= 0.3 is 0 Å². The third-order valence-electron chi connectivity index (χ3n) is 4.96. The summed E-state index contributed by atoms with van der Waals surface area (Å²) in [4.78, 5) is 26.5. The van der Waals surface area contributed by atoms with Crippen molar-refractivity contribution in [1.29, 1.82) is 0 Å². The molecule has 6 heteroatoms. The number of para-hydroxylation sites is 1. The Morgan fingerprint density at radius 3 is 2.00 bits per heavy atom. The van der Waals surface area contributed by atoms with E-state index in [1.807, 2.05) is 0 Å². The number of benzene rings is 3. The van der Waals surface area contributed by atoms with Crippen molar-refractivity contribution in [3.8, 4) is 0 Å². The minimum absolute atomic E-state index is 0.0448. The molecule has 4 aromatic rings. The van der Waals surface area contributed by atoms with E-state index in [1.165, 1.54) is 12.1 Å². The van der Waals surface area contributed by atoms with Gasteiger partial charge in [0.05, 0.1) is 16.0 Å². The van der Waals surface area contributed by atoms with Crippen LogP contribution in [0.2, 0.25) is 0 Å². The van der Waals surface area contributed by atoms with Crippen molar-refractivity contribution in [1.82, 2.24) is 3.97 Å². The molecule has 0 spiro atoms. The molecule has 0 unspecified atom stereocenters. The maximum absolute atomic E-state index is 13.6. The van der Waals surface area contributed by atoms with Crippen molar-refractivity contribution in [2.75, 3.05) is 0 Å². The molecular formula is C24H19NO4S. The van der Waals surface area contributed by atoms with Crippen LogP contribution in [0.15, 0.2) is 89.8 Å². The molecule has 3 aromatic carbocycles. The minimum atomic E-state index is -4.13. The Labute approximate surface area is 174 Å². The molecule has 0 aliphatic heterocycles. The van der Waals surface area contributed by atoms with Gasteiger partial charge in [0.15, 0.2) is 5.78 Å². The summed E-state index contributed by atoms with van der Waals surface area (Å²) >= 11 is 0. The first-order valence-corrected chi connectivity index (χ1v) is 11.0. The van der Waals surface area contributed by atoms with E-state index in [0.717, 1.165) is 3.97 Å². The van der Waals surface area contributed by atoms with E-state index < -0.39 is 15.8 Å². The molecule has 1 aromatic heterocycles. The standard InChI is InChI=1S/C24H19NO4S/c1-2-21(26)22-19-15-9-10-16-20(19)25(30(28,29)18-13-7-4-8-14-18)23(22)24(27)17-11-5-3-6-12-17/h3-16H,2H2,1H3. The quantitative estimate of drug-likeness (QED) is 0.426. The second kappa shape index (κ2) is 7.72. The molecule has 0 atom stereocenters. The molecule has 0 bridgehead atoms. The summed E-state index contributed by atoms with van der Waals surface area (Å²) in [6.45, 7) is 1.69. The van der Waals surface area contributed by atoms with Crippen molar-refractivity contribution in [3.05, 3.63) is 102 Å². The van der Waals surface area contributed by atoms with Gasteiger partial charge in [-0.1, -0.05) is 73.7 Å². The van der Waals surface area contributed by atoms with Gasteiger partial charge in [-0.25, -0.2) is 12.4 Å². The zero-order valence-electron chi connectivity index (χ0n) is 16.3. The van der Waals surface area contributed by atoms with E-state index in [1.54, 1.807) is 79.7 Å². The predicted molar refractivity (Wildman–Crippen MR) is 115 cm³/mol. The Morgan fingerprint density at radius 2 is 1.37 bits per heavy atom. The topological polar surface area (TPSA) is 73.2 Å². The second-order valence-corrected chi connectivity index (χ2v) is 8.58. The number of fused-ring (bicyclic) bond motifs is 1. The van der Waals surface area contributed by atoms with Crippen LogP contribution in [0.4, 0.5) is 0 Å². The van der Waals surface area contributed by atoms with Crippen molar-refractivity contribution in [2.24, 2.45) is 0 Å². The fraction of sp³-hybridized carbons (Fsp3) is 0.0833. The molecule has 0 N–H and O–H groups in total. The molecule has 0 saturated heterocycles. The second-order valence-electron chi connectivity index (χ2n) is 6.80.